The van der Waals surface area contributed by atoms with Crippen molar-refractivity contribution in [2.45, 2.75) is 38.6 Å². The molecule has 4 nitrogen and oxygen atoms in total. The number of rotatable bonds is 5. The quantitative estimate of drug-likeness (QED) is 0.854. The van der Waals surface area contributed by atoms with Crippen LogP contribution in [-0.2, 0) is 16.0 Å². The van der Waals surface area contributed by atoms with E-state index in [1.54, 1.807) is 0 Å². The molecule has 1 aromatic rings. The molecular formula is C16H20BrNO3. The summed E-state index contributed by atoms with van der Waals surface area (Å²) in [5.41, 5.74) is 0.732. The fraction of sp³-hybridized carbons (Fsp3) is 0.500. The first-order valence-corrected chi connectivity index (χ1v) is 7.87. The maximum absolute atomic E-state index is 12.2. The van der Waals surface area contributed by atoms with E-state index in [1.807, 2.05) is 38.1 Å². The minimum atomic E-state index is -0.868. The highest BCUT2D eigenvalue weighted by atomic mass is 79.9. The van der Waals surface area contributed by atoms with Crippen molar-refractivity contribution >= 4 is 27.8 Å². The topological polar surface area (TPSA) is 66.4 Å². The highest BCUT2D eigenvalue weighted by molar-refractivity contribution is 9.10. The van der Waals surface area contributed by atoms with Gasteiger partial charge in [0.25, 0.3) is 0 Å². The molecule has 0 aromatic heterocycles. The predicted octanol–water partition coefficient (Wildman–Crippen LogP) is 3.00. The van der Waals surface area contributed by atoms with Crippen LogP contribution in [-0.4, -0.2) is 22.5 Å². The summed E-state index contributed by atoms with van der Waals surface area (Å²) in [6, 6.07) is 7.97. The summed E-state index contributed by atoms with van der Waals surface area (Å²) in [7, 11) is 0. The van der Waals surface area contributed by atoms with Crippen LogP contribution in [0.5, 0.6) is 0 Å². The number of hydrogen-bond acceptors (Lipinski definition) is 2. The molecule has 5 heteroatoms. The molecule has 0 heterocycles. The van der Waals surface area contributed by atoms with E-state index in [-0.39, 0.29) is 11.8 Å². The molecule has 1 aromatic carbocycles. The monoisotopic (exact) mass is 353 g/mol. The van der Waals surface area contributed by atoms with E-state index in [2.05, 4.69) is 21.2 Å². The molecule has 114 valence electrons. The summed E-state index contributed by atoms with van der Waals surface area (Å²) < 4.78 is 1.02. The summed E-state index contributed by atoms with van der Waals surface area (Å²) in [4.78, 5) is 23.2. The predicted molar refractivity (Wildman–Crippen MR) is 83.9 cm³/mol. The van der Waals surface area contributed by atoms with Gasteiger partial charge in [0.15, 0.2) is 0 Å². The molecule has 0 spiro atoms. The number of carboxylic acid groups (broad SMARTS) is 1. The summed E-state index contributed by atoms with van der Waals surface area (Å²) in [5, 5.41) is 12.0. The minimum absolute atomic E-state index is 0.143. The van der Waals surface area contributed by atoms with Crippen molar-refractivity contribution in [1.82, 2.24) is 5.32 Å². The molecule has 21 heavy (non-hydrogen) atoms. The fourth-order valence-corrected chi connectivity index (χ4v) is 2.96. The molecule has 2 rings (SSSR count). The van der Waals surface area contributed by atoms with Crippen molar-refractivity contribution in [3.8, 4) is 0 Å². The number of amides is 1. The lowest BCUT2D eigenvalue weighted by atomic mass is 9.73. The van der Waals surface area contributed by atoms with Crippen LogP contribution in [0, 0.1) is 11.8 Å². The SMILES string of the molecule is CC(C)(Cc1ccc(Br)cc1)NC(=O)C1CCC1C(=O)O. The molecule has 0 saturated heterocycles. The number of benzene rings is 1. The van der Waals surface area contributed by atoms with Crippen molar-refractivity contribution in [1.29, 1.82) is 0 Å². The molecule has 0 radical (unpaired) electrons. The number of nitrogens with one attached hydrogen (secondary N) is 1. The van der Waals surface area contributed by atoms with Crippen molar-refractivity contribution in [3.05, 3.63) is 34.3 Å². The van der Waals surface area contributed by atoms with Crippen LogP contribution in [0.4, 0.5) is 0 Å². The normalized spacial score (nSPS) is 21.5. The zero-order valence-corrected chi connectivity index (χ0v) is 13.8. The second-order valence-electron chi connectivity index (χ2n) is 6.30. The summed E-state index contributed by atoms with van der Waals surface area (Å²) >= 11 is 3.40. The smallest absolute Gasteiger partial charge is 0.307 e. The van der Waals surface area contributed by atoms with E-state index in [4.69, 9.17) is 5.11 Å². The number of aliphatic carboxylic acids is 1. The largest absolute Gasteiger partial charge is 0.481 e. The lowest BCUT2D eigenvalue weighted by Crippen LogP contribution is -2.52. The second-order valence-corrected chi connectivity index (χ2v) is 7.22. The molecule has 1 aliphatic carbocycles. The number of carboxylic acids is 1. The standard InChI is InChI=1S/C16H20BrNO3/c1-16(2,9-10-3-5-11(17)6-4-10)18-14(19)12-7-8-13(12)15(20)21/h3-6,12-13H,7-9H2,1-2H3,(H,18,19)(H,20,21). The molecule has 0 bridgehead atoms. The third kappa shape index (κ3) is 4.06. The Bertz CT molecular complexity index is 539. The van der Waals surface area contributed by atoms with Crippen LogP contribution in [0.15, 0.2) is 28.7 Å². The Kier molecular flexibility index (Phi) is 4.71. The third-order valence-corrected chi connectivity index (χ3v) is 4.48. The lowest BCUT2D eigenvalue weighted by molar-refractivity contribution is -0.153. The Labute approximate surface area is 133 Å². The van der Waals surface area contributed by atoms with Gasteiger partial charge in [0.1, 0.15) is 0 Å². The molecule has 1 fully saturated rings. The maximum Gasteiger partial charge on any atom is 0.307 e. The maximum atomic E-state index is 12.2. The van der Waals surface area contributed by atoms with Gasteiger partial charge in [-0.25, -0.2) is 0 Å². The summed E-state index contributed by atoms with van der Waals surface area (Å²) in [5.74, 6) is -1.91. The highest BCUT2D eigenvalue weighted by Crippen LogP contribution is 2.35. The van der Waals surface area contributed by atoms with Gasteiger partial charge in [0.2, 0.25) is 5.91 Å². The molecule has 2 atom stereocenters. The van der Waals surface area contributed by atoms with Gasteiger partial charge in [-0.2, -0.15) is 0 Å². The van der Waals surface area contributed by atoms with Gasteiger partial charge < -0.3 is 10.4 Å². The van der Waals surface area contributed by atoms with Gasteiger partial charge in [0, 0.05) is 10.0 Å². The van der Waals surface area contributed by atoms with E-state index in [9.17, 15) is 9.59 Å². The van der Waals surface area contributed by atoms with Gasteiger partial charge in [-0.3, -0.25) is 9.59 Å². The third-order valence-electron chi connectivity index (χ3n) is 3.95. The van der Waals surface area contributed by atoms with Gasteiger partial charge in [-0.15, -0.1) is 0 Å². The van der Waals surface area contributed by atoms with E-state index >= 15 is 0 Å². The summed E-state index contributed by atoms with van der Waals surface area (Å²) in [6.45, 7) is 3.92. The average Bonchev–Trinajstić information content (AvgIpc) is 2.28. The van der Waals surface area contributed by atoms with Crippen LogP contribution in [0.3, 0.4) is 0 Å². The zero-order valence-electron chi connectivity index (χ0n) is 12.2. The second kappa shape index (κ2) is 6.18. The van der Waals surface area contributed by atoms with Crippen LogP contribution in [0.1, 0.15) is 32.3 Å². The molecule has 2 unspecified atom stereocenters. The van der Waals surface area contributed by atoms with Crippen LogP contribution in [0.25, 0.3) is 0 Å². The first kappa shape index (κ1) is 16.0. The molecule has 2 N–H and O–H groups in total. The molecular weight excluding hydrogens is 334 g/mol. The van der Waals surface area contributed by atoms with Crippen LogP contribution >= 0.6 is 15.9 Å². The first-order valence-electron chi connectivity index (χ1n) is 7.08. The fourth-order valence-electron chi connectivity index (χ4n) is 2.69. The van der Waals surface area contributed by atoms with E-state index < -0.39 is 17.4 Å². The van der Waals surface area contributed by atoms with Gasteiger partial charge >= 0.3 is 5.97 Å². The molecule has 1 saturated carbocycles. The van der Waals surface area contributed by atoms with Crippen LogP contribution in [0.2, 0.25) is 0 Å². The van der Waals surface area contributed by atoms with Crippen molar-refractivity contribution in [2.24, 2.45) is 11.8 Å². The first-order chi connectivity index (χ1) is 9.78. The highest BCUT2D eigenvalue weighted by Gasteiger charge is 2.42. The Morgan fingerprint density at radius 1 is 1.24 bits per heavy atom. The minimum Gasteiger partial charge on any atom is -0.481 e. The van der Waals surface area contributed by atoms with E-state index in [0.29, 0.717) is 19.3 Å². The Balaban J connectivity index is 1.95. The van der Waals surface area contributed by atoms with E-state index in [1.165, 1.54) is 0 Å². The van der Waals surface area contributed by atoms with Crippen LogP contribution < -0.4 is 5.32 Å². The Morgan fingerprint density at radius 2 is 1.81 bits per heavy atom. The Morgan fingerprint density at radius 3 is 2.29 bits per heavy atom. The van der Waals surface area contributed by atoms with Gasteiger partial charge in [0.05, 0.1) is 11.8 Å². The average molecular weight is 354 g/mol. The van der Waals surface area contributed by atoms with Crippen molar-refractivity contribution < 1.29 is 14.7 Å². The zero-order chi connectivity index (χ0) is 15.6. The van der Waals surface area contributed by atoms with E-state index in [0.717, 1.165) is 10.0 Å². The van der Waals surface area contributed by atoms with Gasteiger partial charge in [-0.1, -0.05) is 28.1 Å². The molecule has 1 amide bonds. The Hall–Kier alpha value is -1.36. The lowest BCUT2D eigenvalue weighted by Gasteiger charge is -2.36. The molecule has 0 aliphatic heterocycles. The van der Waals surface area contributed by atoms with Gasteiger partial charge in [-0.05, 0) is 50.8 Å². The molecule has 1 aliphatic rings. The van der Waals surface area contributed by atoms with Crippen molar-refractivity contribution in [2.75, 3.05) is 0 Å². The number of hydrogen-bond donors (Lipinski definition) is 2. The van der Waals surface area contributed by atoms with Crippen molar-refractivity contribution in [3.63, 3.8) is 0 Å². The number of carbonyl (C=O) groups excluding carboxylic acids is 1. The number of carbonyl (C=O) groups is 2. The number of halogens is 1. The summed E-state index contributed by atoms with van der Waals surface area (Å²) in [6.07, 6.45) is 1.97.